The van der Waals surface area contributed by atoms with Crippen LogP contribution in [-0.2, 0) is 16.0 Å². The summed E-state index contributed by atoms with van der Waals surface area (Å²) >= 11 is 0. The number of hydrogen-bond acceptors (Lipinski definition) is 2. The number of carbonyl (C=O) groups is 2. The van der Waals surface area contributed by atoms with Crippen LogP contribution in [0.4, 0.5) is 15.8 Å². The molecule has 2 N–H and O–H groups in total. The topological polar surface area (TPSA) is 58.2 Å². The lowest BCUT2D eigenvalue weighted by molar-refractivity contribution is -0.122. The highest BCUT2D eigenvalue weighted by atomic mass is 19.1. The first-order chi connectivity index (χ1) is 11.6. The molecule has 3 rings (SSSR count). The molecular weight excluding hydrogens is 307 g/mol. The van der Waals surface area contributed by atoms with Gasteiger partial charge in [-0.15, -0.1) is 0 Å². The van der Waals surface area contributed by atoms with E-state index in [0.717, 1.165) is 17.7 Å². The fourth-order valence-electron chi connectivity index (χ4n) is 2.74. The summed E-state index contributed by atoms with van der Waals surface area (Å²) in [7, 11) is 0. The van der Waals surface area contributed by atoms with Gasteiger partial charge in [-0.1, -0.05) is 37.3 Å². The smallest absolute Gasteiger partial charge is 0.228 e. The van der Waals surface area contributed by atoms with Crippen molar-refractivity contribution in [2.75, 3.05) is 10.6 Å². The van der Waals surface area contributed by atoms with E-state index in [0.29, 0.717) is 6.42 Å². The maximum Gasteiger partial charge on any atom is 0.228 e. The third kappa shape index (κ3) is 3.45. The van der Waals surface area contributed by atoms with Gasteiger partial charge in [0.2, 0.25) is 11.8 Å². The minimum absolute atomic E-state index is 0.143. The molecular formula is C19H19FN2O2. The van der Waals surface area contributed by atoms with E-state index in [1.807, 2.05) is 31.2 Å². The second-order valence-corrected chi connectivity index (χ2v) is 5.92. The van der Waals surface area contributed by atoms with Gasteiger partial charge in [0.1, 0.15) is 5.82 Å². The van der Waals surface area contributed by atoms with Crippen molar-refractivity contribution in [3.63, 3.8) is 0 Å². The van der Waals surface area contributed by atoms with E-state index in [-0.39, 0.29) is 23.4 Å². The number of hydrogen-bond donors (Lipinski definition) is 2. The molecule has 0 saturated heterocycles. The fraction of sp³-hybridized carbons (Fsp3) is 0.263. The van der Waals surface area contributed by atoms with Crippen molar-refractivity contribution in [3.05, 3.63) is 59.9 Å². The SMILES string of the molecule is CCc1ccccc1NC(=O)C1CC1C(=O)Nc1ccccc1F. The molecule has 2 aromatic rings. The molecule has 4 nitrogen and oxygen atoms in total. The van der Waals surface area contributed by atoms with Crippen molar-refractivity contribution in [3.8, 4) is 0 Å². The molecule has 0 heterocycles. The molecule has 0 aliphatic heterocycles. The van der Waals surface area contributed by atoms with Gasteiger partial charge in [0, 0.05) is 5.69 Å². The van der Waals surface area contributed by atoms with Crippen LogP contribution in [0.15, 0.2) is 48.5 Å². The maximum absolute atomic E-state index is 13.6. The highest BCUT2D eigenvalue weighted by Crippen LogP contribution is 2.40. The average molecular weight is 326 g/mol. The molecule has 2 atom stereocenters. The molecule has 0 bridgehead atoms. The summed E-state index contributed by atoms with van der Waals surface area (Å²) in [5, 5.41) is 5.44. The molecule has 5 heteroatoms. The van der Waals surface area contributed by atoms with Crippen LogP contribution in [0.25, 0.3) is 0 Å². The Morgan fingerprint density at radius 3 is 2.12 bits per heavy atom. The summed E-state index contributed by atoms with van der Waals surface area (Å²) in [5.74, 6) is -1.72. The molecule has 0 radical (unpaired) electrons. The Labute approximate surface area is 140 Å². The van der Waals surface area contributed by atoms with Crippen LogP contribution >= 0.6 is 0 Å². The average Bonchev–Trinajstić information content (AvgIpc) is 3.38. The van der Waals surface area contributed by atoms with E-state index in [1.54, 1.807) is 12.1 Å². The Morgan fingerprint density at radius 1 is 0.958 bits per heavy atom. The Morgan fingerprint density at radius 2 is 1.50 bits per heavy atom. The fourth-order valence-corrected chi connectivity index (χ4v) is 2.74. The Kier molecular flexibility index (Phi) is 4.60. The van der Waals surface area contributed by atoms with Crippen LogP contribution in [-0.4, -0.2) is 11.8 Å². The van der Waals surface area contributed by atoms with E-state index in [2.05, 4.69) is 10.6 Å². The predicted molar refractivity (Wildman–Crippen MR) is 91.1 cm³/mol. The van der Waals surface area contributed by atoms with Crippen LogP contribution in [0.1, 0.15) is 18.9 Å². The van der Waals surface area contributed by atoms with Crippen LogP contribution in [0.5, 0.6) is 0 Å². The van der Waals surface area contributed by atoms with E-state index in [4.69, 9.17) is 0 Å². The third-order valence-corrected chi connectivity index (χ3v) is 4.25. The molecule has 1 fully saturated rings. The predicted octanol–water partition coefficient (Wildman–Crippen LogP) is 3.60. The number of amides is 2. The minimum Gasteiger partial charge on any atom is -0.326 e. The van der Waals surface area contributed by atoms with E-state index in [1.165, 1.54) is 12.1 Å². The van der Waals surface area contributed by atoms with Crippen molar-refractivity contribution in [2.24, 2.45) is 11.8 Å². The number of anilines is 2. The molecule has 2 amide bonds. The number of rotatable bonds is 5. The molecule has 24 heavy (non-hydrogen) atoms. The lowest BCUT2D eigenvalue weighted by atomic mass is 10.1. The van der Waals surface area contributed by atoms with Gasteiger partial charge < -0.3 is 10.6 Å². The van der Waals surface area contributed by atoms with Gasteiger partial charge in [-0.05, 0) is 36.6 Å². The summed E-state index contributed by atoms with van der Waals surface area (Å²) in [6.07, 6.45) is 1.30. The summed E-state index contributed by atoms with van der Waals surface area (Å²) in [6.45, 7) is 2.02. The first-order valence-corrected chi connectivity index (χ1v) is 8.04. The number of aryl methyl sites for hydroxylation is 1. The van der Waals surface area contributed by atoms with E-state index < -0.39 is 11.7 Å². The summed E-state index contributed by atoms with van der Waals surface area (Å²) in [6, 6.07) is 13.6. The van der Waals surface area contributed by atoms with Crippen LogP contribution in [0.2, 0.25) is 0 Å². The lowest BCUT2D eigenvalue weighted by Gasteiger charge is -2.09. The standard InChI is InChI=1S/C19H19FN2O2/c1-2-12-7-3-5-9-16(12)21-18(23)13-11-14(13)19(24)22-17-10-6-4-8-15(17)20/h3-10,13-14H,2,11H2,1H3,(H,21,23)(H,22,24). The Hall–Kier alpha value is -2.69. The third-order valence-electron chi connectivity index (χ3n) is 4.25. The zero-order valence-corrected chi connectivity index (χ0v) is 13.4. The summed E-state index contributed by atoms with van der Waals surface area (Å²) in [5.41, 5.74) is 1.98. The first-order valence-electron chi connectivity index (χ1n) is 8.04. The number of carbonyl (C=O) groups excluding carboxylic acids is 2. The maximum atomic E-state index is 13.6. The van der Waals surface area contributed by atoms with Gasteiger partial charge in [-0.3, -0.25) is 9.59 Å². The number of benzene rings is 2. The van der Waals surface area contributed by atoms with E-state index in [9.17, 15) is 14.0 Å². The van der Waals surface area contributed by atoms with Crippen molar-refractivity contribution >= 4 is 23.2 Å². The number of halogens is 1. The highest BCUT2D eigenvalue weighted by Gasteiger charge is 2.48. The lowest BCUT2D eigenvalue weighted by Crippen LogP contribution is -2.21. The monoisotopic (exact) mass is 326 g/mol. The van der Waals surface area contributed by atoms with Gasteiger partial charge in [0.15, 0.2) is 0 Å². The molecule has 124 valence electrons. The highest BCUT2D eigenvalue weighted by molar-refractivity contribution is 6.03. The van der Waals surface area contributed by atoms with Crippen molar-refractivity contribution < 1.29 is 14.0 Å². The zero-order chi connectivity index (χ0) is 17.1. The van der Waals surface area contributed by atoms with Crippen molar-refractivity contribution in [1.82, 2.24) is 0 Å². The largest absolute Gasteiger partial charge is 0.326 e. The minimum atomic E-state index is -0.482. The molecule has 1 aliphatic carbocycles. The Balaban J connectivity index is 1.59. The zero-order valence-electron chi connectivity index (χ0n) is 13.4. The Bertz CT molecular complexity index is 775. The number of para-hydroxylation sites is 2. The van der Waals surface area contributed by atoms with Gasteiger partial charge >= 0.3 is 0 Å². The molecule has 1 aliphatic rings. The molecule has 1 saturated carbocycles. The van der Waals surface area contributed by atoms with E-state index >= 15 is 0 Å². The normalized spacial score (nSPS) is 18.8. The first kappa shape index (κ1) is 16.2. The van der Waals surface area contributed by atoms with Gasteiger partial charge in [-0.2, -0.15) is 0 Å². The summed E-state index contributed by atoms with van der Waals surface area (Å²) < 4.78 is 13.6. The van der Waals surface area contributed by atoms with Crippen molar-refractivity contribution in [2.45, 2.75) is 19.8 Å². The molecule has 2 aromatic carbocycles. The van der Waals surface area contributed by atoms with Gasteiger partial charge in [0.05, 0.1) is 17.5 Å². The number of nitrogens with one attached hydrogen (secondary N) is 2. The quantitative estimate of drug-likeness (QED) is 0.882. The summed E-state index contributed by atoms with van der Waals surface area (Å²) in [4.78, 5) is 24.5. The molecule has 0 aromatic heterocycles. The van der Waals surface area contributed by atoms with Gasteiger partial charge in [0.25, 0.3) is 0 Å². The second kappa shape index (κ2) is 6.83. The van der Waals surface area contributed by atoms with Crippen LogP contribution in [0.3, 0.4) is 0 Å². The molecule has 0 spiro atoms. The van der Waals surface area contributed by atoms with Crippen LogP contribution in [0, 0.1) is 17.7 Å². The second-order valence-electron chi connectivity index (χ2n) is 5.92. The van der Waals surface area contributed by atoms with Gasteiger partial charge in [-0.25, -0.2) is 4.39 Å². The van der Waals surface area contributed by atoms with Crippen LogP contribution < -0.4 is 10.6 Å². The van der Waals surface area contributed by atoms with Crippen molar-refractivity contribution in [1.29, 1.82) is 0 Å². The molecule has 2 unspecified atom stereocenters.